The van der Waals surface area contributed by atoms with Gasteiger partial charge in [0, 0.05) is 5.54 Å². The molecular formula is C7H12N2O. The largest absolute Gasteiger partial charge is 0.368 e. The molecule has 0 aromatic rings. The summed E-state index contributed by atoms with van der Waals surface area (Å²) in [7, 11) is 0. The molecule has 2 fully saturated rings. The number of primary amides is 1. The number of carbonyl (C=O) groups excluding carboxylic acids is 1. The molecule has 1 aliphatic heterocycles. The lowest BCUT2D eigenvalue weighted by Crippen LogP contribution is -2.70. The van der Waals surface area contributed by atoms with Crippen LogP contribution in [-0.4, -0.2) is 17.5 Å². The second-order valence-electron chi connectivity index (χ2n) is 3.44. The maximum Gasteiger partial charge on any atom is 0.234 e. The number of amides is 1. The Bertz CT molecular complexity index is 166. The molecule has 1 spiro atoms. The van der Waals surface area contributed by atoms with Crippen LogP contribution in [-0.2, 0) is 4.79 Å². The Hall–Kier alpha value is -0.570. The molecule has 1 saturated carbocycles. The van der Waals surface area contributed by atoms with E-state index in [0.717, 1.165) is 6.42 Å². The summed E-state index contributed by atoms with van der Waals surface area (Å²) in [6, 6.07) is -0.0275. The Balaban J connectivity index is 1.88. The first-order valence-electron chi connectivity index (χ1n) is 3.79. The summed E-state index contributed by atoms with van der Waals surface area (Å²) in [6.45, 7) is 0. The summed E-state index contributed by atoms with van der Waals surface area (Å²) in [5.74, 6) is -0.197. The Labute approximate surface area is 60.0 Å². The van der Waals surface area contributed by atoms with Crippen LogP contribution in [0.25, 0.3) is 0 Å². The van der Waals surface area contributed by atoms with Crippen LogP contribution in [0, 0.1) is 0 Å². The van der Waals surface area contributed by atoms with E-state index in [9.17, 15) is 4.79 Å². The van der Waals surface area contributed by atoms with E-state index >= 15 is 0 Å². The Morgan fingerprint density at radius 3 is 2.50 bits per heavy atom. The van der Waals surface area contributed by atoms with Gasteiger partial charge in [-0.3, -0.25) is 4.79 Å². The normalized spacial score (nSPS) is 34.6. The standard InChI is InChI=1S/C7H12N2O/c8-6(10)5-4-7(9-5)2-1-3-7/h5,9H,1-4H2,(H2,8,10). The van der Waals surface area contributed by atoms with Crippen molar-refractivity contribution in [3.63, 3.8) is 0 Å². The second-order valence-corrected chi connectivity index (χ2v) is 3.44. The lowest BCUT2D eigenvalue weighted by Gasteiger charge is -2.54. The van der Waals surface area contributed by atoms with Gasteiger partial charge in [0.05, 0.1) is 6.04 Å². The molecule has 1 atom stereocenters. The quantitative estimate of drug-likeness (QED) is 0.528. The fourth-order valence-corrected chi connectivity index (χ4v) is 1.86. The predicted molar refractivity (Wildman–Crippen MR) is 37.3 cm³/mol. The number of rotatable bonds is 1. The smallest absolute Gasteiger partial charge is 0.234 e. The fraction of sp³-hybridized carbons (Fsp3) is 0.857. The predicted octanol–water partition coefficient (Wildman–Crippen LogP) is -0.244. The van der Waals surface area contributed by atoms with Crippen molar-refractivity contribution in [3.8, 4) is 0 Å². The molecule has 2 aliphatic rings. The highest BCUT2D eigenvalue weighted by Gasteiger charge is 2.49. The van der Waals surface area contributed by atoms with Gasteiger partial charge in [0.15, 0.2) is 0 Å². The summed E-state index contributed by atoms with van der Waals surface area (Å²) in [5, 5.41) is 3.22. The number of carbonyl (C=O) groups is 1. The first-order valence-corrected chi connectivity index (χ1v) is 3.79. The van der Waals surface area contributed by atoms with Gasteiger partial charge in [-0.15, -0.1) is 0 Å². The van der Waals surface area contributed by atoms with E-state index in [1.165, 1.54) is 19.3 Å². The Morgan fingerprint density at radius 2 is 2.20 bits per heavy atom. The summed E-state index contributed by atoms with van der Waals surface area (Å²) in [5.41, 5.74) is 5.44. The zero-order chi connectivity index (χ0) is 7.19. The van der Waals surface area contributed by atoms with Gasteiger partial charge in [-0.2, -0.15) is 0 Å². The topological polar surface area (TPSA) is 55.1 Å². The summed E-state index contributed by atoms with van der Waals surface area (Å²) in [6.07, 6.45) is 4.74. The monoisotopic (exact) mass is 140 g/mol. The van der Waals surface area contributed by atoms with Crippen LogP contribution in [0.5, 0.6) is 0 Å². The van der Waals surface area contributed by atoms with E-state index in [1.54, 1.807) is 0 Å². The third-order valence-corrected chi connectivity index (χ3v) is 2.73. The summed E-state index contributed by atoms with van der Waals surface area (Å²) < 4.78 is 0. The SMILES string of the molecule is NC(=O)C1CC2(CCC2)N1. The molecule has 3 heteroatoms. The first-order chi connectivity index (χ1) is 4.72. The fourth-order valence-electron chi connectivity index (χ4n) is 1.86. The maximum absolute atomic E-state index is 10.6. The van der Waals surface area contributed by atoms with Gasteiger partial charge in [0.2, 0.25) is 5.91 Å². The third-order valence-electron chi connectivity index (χ3n) is 2.73. The van der Waals surface area contributed by atoms with Crippen LogP contribution >= 0.6 is 0 Å². The van der Waals surface area contributed by atoms with Gasteiger partial charge in [-0.25, -0.2) is 0 Å². The van der Waals surface area contributed by atoms with Crippen molar-refractivity contribution < 1.29 is 4.79 Å². The number of nitrogens with two attached hydrogens (primary N) is 1. The van der Waals surface area contributed by atoms with E-state index in [2.05, 4.69) is 5.32 Å². The number of hydrogen-bond acceptors (Lipinski definition) is 2. The van der Waals surface area contributed by atoms with E-state index in [0.29, 0.717) is 5.54 Å². The molecular weight excluding hydrogens is 128 g/mol. The molecule has 1 saturated heterocycles. The van der Waals surface area contributed by atoms with E-state index in [-0.39, 0.29) is 11.9 Å². The molecule has 0 radical (unpaired) electrons. The molecule has 1 amide bonds. The third kappa shape index (κ3) is 0.669. The highest BCUT2D eigenvalue weighted by molar-refractivity contribution is 5.81. The van der Waals surface area contributed by atoms with Crippen molar-refractivity contribution in [2.75, 3.05) is 0 Å². The molecule has 0 aromatic heterocycles. The zero-order valence-electron chi connectivity index (χ0n) is 5.89. The maximum atomic E-state index is 10.6. The van der Waals surface area contributed by atoms with Gasteiger partial charge in [0.25, 0.3) is 0 Å². The van der Waals surface area contributed by atoms with Crippen LogP contribution in [0.2, 0.25) is 0 Å². The molecule has 2 rings (SSSR count). The molecule has 0 aromatic carbocycles. The average Bonchev–Trinajstić information content (AvgIpc) is 1.54. The average molecular weight is 140 g/mol. The molecule has 1 unspecified atom stereocenters. The lowest BCUT2D eigenvalue weighted by molar-refractivity contribution is -0.126. The molecule has 3 nitrogen and oxygen atoms in total. The second kappa shape index (κ2) is 1.72. The minimum atomic E-state index is -0.197. The molecule has 56 valence electrons. The van der Waals surface area contributed by atoms with Crippen molar-refractivity contribution in [1.82, 2.24) is 5.32 Å². The van der Waals surface area contributed by atoms with Crippen LogP contribution in [0.3, 0.4) is 0 Å². The Morgan fingerprint density at radius 1 is 1.60 bits per heavy atom. The van der Waals surface area contributed by atoms with Crippen molar-refractivity contribution in [2.24, 2.45) is 5.73 Å². The van der Waals surface area contributed by atoms with E-state index in [1.807, 2.05) is 0 Å². The first kappa shape index (κ1) is 6.16. The van der Waals surface area contributed by atoms with Gasteiger partial charge < -0.3 is 11.1 Å². The van der Waals surface area contributed by atoms with Gasteiger partial charge in [-0.05, 0) is 25.7 Å². The highest BCUT2D eigenvalue weighted by atomic mass is 16.1. The van der Waals surface area contributed by atoms with Gasteiger partial charge in [-0.1, -0.05) is 0 Å². The molecule has 1 heterocycles. The minimum absolute atomic E-state index is 0.0275. The number of nitrogens with one attached hydrogen (secondary N) is 1. The summed E-state index contributed by atoms with van der Waals surface area (Å²) in [4.78, 5) is 10.6. The van der Waals surface area contributed by atoms with E-state index in [4.69, 9.17) is 5.73 Å². The molecule has 10 heavy (non-hydrogen) atoms. The highest BCUT2D eigenvalue weighted by Crippen LogP contribution is 2.42. The van der Waals surface area contributed by atoms with Crippen LogP contribution < -0.4 is 11.1 Å². The molecule has 3 N–H and O–H groups in total. The van der Waals surface area contributed by atoms with E-state index < -0.39 is 0 Å². The molecule has 1 aliphatic carbocycles. The lowest BCUT2D eigenvalue weighted by atomic mass is 9.66. The van der Waals surface area contributed by atoms with Gasteiger partial charge in [0.1, 0.15) is 0 Å². The van der Waals surface area contributed by atoms with Crippen LogP contribution in [0.15, 0.2) is 0 Å². The zero-order valence-corrected chi connectivity index (χ0v) is 5.89. The summed E-state index contributed by atoms with van der Waals surface area (Å²) >= 11 is 0. The Kier molecular flexibility index (Phi) is 1.06. The van der Waals surface area contributed by atoms with Crippen molar-refractivity contribution >= 4 is 5.91 Å². The van der Waals surface area contributed by atoms with Crippen LogP contribution in [0.4, 0.5) is 0 Å². The van der Waals surface area contributed by atoms with Gasteiger partial charge >= 0.3 is 0 Å². The molecule has 0 bridgehead atoms. The van der Waals surface area contributed by atoms with Crippen molar-refractivity contribution in [2.45, 2.75) is 37.3 Å². The minimum Gasteiger partial charge on any atom is -0.368 e. The van der Waals surface area contributed by atoms with Crippen molar-refractivity contribution in [3.05, 3.63) is 0 Å². The van der Waals surface area contributed by atoms with Crippen LogP contribution in [0.1, 0.15) is 25.7 Å². The van der Waals surface area contributed by atoms with Crippen molar-refractivity contribution in [1.29, 1.82) is 0 Å². The number of hydrogen-bond donors (Lipinski definition) is 2.